The minimum absolute atomic E-state index is 0.0848. The van der Waals surface area contributed by atoms with Gasteiger partial charge in [0, 0.05) is 6.92 Å². The van der Waals surface area contributed by atoms with Crippen LogP contribution < -0.4 is 0 Å². The highest BCUT2D eigenvalue weighted by Crippen LogP contribution is 2.18. The predicted molar refractivity (Wildman–Crippen MR) is 73.9 cm³/mol. The molecule has 4 nitrogen and oxygen atoms in total. The van der Waals surface area contributed by atoms with Crippen LogP contribution >= 0.6 is 0 Å². The minimum atomic E-state index is -0.265. The molecule has 0 radical (unpaired) electrons. The summed E-state index contributed by atoms with van der Waals surface area (Å²) in [5, 5.41) is 0. The monoisotopic (exact) mass is 272 g/mol. The number of unbranched alkanes of at least 4 members (excludes halogenated alkanes) is 6. The molecule has 19 heavy (non-hydrogen) atoms. The summed E-state index contributed by atoms with van der Waals surface area (Å²) in [6.45, 7) is 4.49. The van der Waals surface area contributed by atoms with Gasteiger partial charge >= 0.3 is 5.97 Å². The summed E-state index contributed by atoms with van der Waals surface area (Å²) >= 11 is 0. The predicted octanol–water partition coefficient (Wildman–Crippen LogP) is 3.43. The molecule has 0 bridgehead atoms. The van der Waals surface area contributed by atoms with Gasteiger partial charge in [-0.15, -0.1) is 0 Å². The van der Waals surface area contributed by atoms with Crippen molar-refractivity contribution in [3.8, 4) is 0 Å². The fourth-order valence-corrected chi connectivity index (χ4v) is 2.23. The van der Waals surface area contributed by atoms with Crippen molar-refractivity contribution in [3.05, 3.63) is 0 Å². The van der Waals surface area contributed by atoms with Gasteiger partial charge in [-0.05, 0) is 12.8 Å². The summed E-state index contributed by atoms with van der Waals surface area (Å²) in [5.41, 5.74) is 0. The van der Waals surface area contributed by atoms with E-state index in [4.69, 9.17) is 14.2 Å². The number of rotatable bonds is 10. The van der Waals surface area contributed by atoms with E-state index >= 15 is 0 Å². The van der Waals surface area contributed by atoms with Crippen molar-refractivity contribution in [1.29, 1.82) is 0 Å². The Morgan fingerprint density at radius 2 is 1.84 bits per heavy atom. The van der Waals surface area contributed by atoms with Gasteiger partial charge in [0.1, 0.15) is 12.7 Å². The average molecular weight is 272 g/mol. The molecule has 1 aliphatic rings. The van der Waals surface area contributed by atoms with E-state index in [9.17, 15) is 4.79 Å². The first kappa shape index (κ1) is 16.4. The SMILES string of the molecule is CCCCCCCCC[C@@H]1OC[C@H](COC(C)=O)O1. The second-order valence-electron chi connectivity index (χ2n) is 5.23. The van der Waals surface area contributed by atoms with Gasteiger partial charge in [-0.25, -0.2) is 0 Å². The molecule has 4 heteroatoms. The quantitative estimate of drug-likeness (QED) is 0.451. The van der Waals surface area contributed by atoms with E-state index in [1.165, 1.54) is 45.4 Å². The maximum Gasteiger partial charge on any atom is 0.302 e. The Labute approximate surface area is 116 Å². The van der Waals surface area contributed by atoms with Crippen molar-refractivity contribution in [2.75, 3.05) is 13.2 Å². The number of esters is 1. The first-order valence-electron chi connectivity index (χ1n) is 7.62. The Kier molecular flexibility index (Phi) is 8.84. The van der Waals surface area contributed by atoms with Crippen molar-refractivity contribution in [2.24, 2.45) is 0 Å². The molecule has 0 amide bonds. The van der Waals surface area contributed by atoms with Gasteiger partial charge in [0.05, 0.1) is 6.61 Å². The van der Waals surface area contributed by atoms with Crippen LogP contribution in [0.2, 0.25) is 0 Å². The first-order valence-corrected chi connectivity index (χ1v) is 7.62. The highest BCUT2D eigenvalue weighted by atomic mass is 16.7. The molecule has 1 rings (SSSR count). The van der Waals surface area contributed by atoms with Crippen LogP contribution in [0.1, 0.15) is 65.2 Å². The third kappa shape index (κ3) is 8.22. The van der Waals surface area contributed by atoms with Crippen molar-refractivity contribution in [3.63, 3.8) is 0 Å². The van der Waals surface area contributed by atoms with E-state index in [1.807, 2.05) is 0 Å². The maximum absolute atomic E-state index is 10.7. The zero-order chi connectivity index (χ0) is 13.9. The zero-order valence-corrected chi connectivity index (χ0v) is 12.4. The fraction of sp³-hybridized carbons (Fsp3) is 0.933. The largest absolute Gasteiger partial charge is 0.463 e. The van der Waals surface area contributed by atoms with Crippen LogP contribution in [0.4, 0.5) is 0 Å². The molecule has 0 N–H and O–H groups in total. The Hall–Kier alpha value is -0.610. The van der Waals surface area contributed by atoms with Crippen LogP contribution in [0.15, 0.2) is 0 Å². The van der Waals surface area contributed by atoms with E-state index in [0.717, 1.165) is 12.8 Å². The van der Waals surface area contributed by atoms with Crippen LogP contribution in [0, 0.1) is 0 Å². The third-order valence-electron chi connectivity index (χ3n) is 3.33. The second kappa shape index (κ2) is 10.2. The number of carbonyl (C=O) groups excluding carboxylic acids is 1. The van der Waals surface area contributed by atoms with E-state index in [-0.39, 0.29) is 18.4 Å². The first-order chi connectivity index (χ1) is 9.22. The molecule has 0 saturated carbocycles. The van der Waals surface area contributed by atoms with Crippen molar-refractivity contribution in [1.82, 2.24) is 0 Å². The number of ether oxygens (including phenoxy) is 3. The number of hydrogen-bond donors (Lipinski definition) is 0. The second-order valence-corrected chi connectivity index (χ2v) is 5.23. The third-order valence-corrected chi connectivity index (χ3v) is 3.33. The normalized spacial score (nSPS) is 22.6. The van der Waals surface area contributed by atoms with Crippen LogP contribution in [-0.2, 0) is 19.0 Å². The summed E-state index contributed by atoms with van der Waals surface area (Å²) in [5.74, 6) is -0.265. The van der Waals surface area contributed by atoms with Gasteiger partial charge in [0.2, 0.25) is 0 Å². The lowest BCUT2D eigenvalue weighted by atomic mass is 10.1. The molecule has 0 unspecified atom stereocenters. The van der Waals surface area contributed by atoms with Crippen LogP contribution in [0.25, 0.3) is 0 Å². The van der Waals surface area contributed by atoms with Gasteiger partial charge in [0.15, 0.2) is 6.29 Å². The molecule has 0 aromatic heterocycles. The van der Waals surface area contributed by atoms with E-state index < -0.39 is 0 Å². The van der Waals surface area contributed by atoms with Crippen LogP contribution in [0.3, 0.4) is 0 Å². The highest BCUT2D eigenvalue weighted by molar-refractivity contribution is 5.65. The van der Waals surface area contributed by atoms with Gasteiger partial charge in [0.25, 0.3) is 0 Å². The lowest BCUT2D eigenvalue weighted by molar-refractivity contribution is -0.145. The fourth-order valence-electron chi connectivity index (χ4n) is 2.23. The Bertz CT molecular complexity index is 242. The van der Waals surface area contributed by atoms with Crippen molar-refractivity contribution >= 4 is 5.97 Å². The smallest absolute Gasteiger partial charge is 0.302 e. The molecular weight excluding hydrogens is 244 g/mol. The van der Waals surface area contributed by atoms with Gasteiger partial charge in [-0.1, -0.05) is 45.4 Å². The van der Waals surface area contributed by atoms with Crippen molar-refractivity contribution in [2.45, 2.75) is 77.6 Å². The van der Waals surface area contributed by atoms with E-state index in [0.29, 0.717) is 13.2 Å². The zero-order valence-electron chi connectivity index (χ0n) is 12.4. The van der Waals surface area contributed by atoms with Gasteiger partial charge < -0.3 is 14.2 Å². The Balaban J connectivity index is 1.92. The van der Waals surface area contributed by atoms with Crippen LogP contribution in [-0.4, -0.2) is 31.6 Å². The molecule has 1 aliphatic heterocycles. The van der Waals surface area contributed by atoms with Crippen LogP contribution in [0.5, 0.6) is 0 Å². The summed E-state index contributed by atoms with van der Waals surface area (Å²) in [7, 11) is 0. The summed E-state index contributed by atoms with van der Waals surface area (Å²) in [6, 6.07) is 0. The van der Waals surface area contributed by atoms with Gasteiger partial charge in [-0.2, -0.15) is 0 Å². The standard InChI is InChI=1S/C15H28O4/c1-3-4-5-6-7-8-9-10-15-18-12-14(19-15)11-17-13(2)16/h14-15H,3-12H2,1-2H3/t14-,15+/m0/s1. The molecule has 0 aromatic carbocycles. The molecular formula is C15H28O4. The lowest BCUT2D eigenvalue weighted by Gasteiger charge is -2.11. The van der Waals surface area contributed by atoms with E-state index in [1.54, 1.807) is 0 Å². The summed E-state index contributed by atoms with van der Waals surface area (Å²) in [4.78, 5) is 10.7. The molecule has 112 valence electrons. The number of hydrogen-bond acceptors (Lipinski definition) is 4. The van der Waals surface area contributed by atoms with Crippen molar-refractivity contribution < 1.29 is 19.0 Å². The lowest BCUT2D eigenvalue weighted by Crippen LogP contribution is -2.20. The summed E-state index contributed by atoms with van der Waals surface area (Å²) in [6.07, 6.45) is 9.83. The topological polar surface area (TPSA) is 44.8 Å². The molecule has 1 fully saturated rings. The molecule has 1 saturated heterocycles. The molecule has 0 aliphatic carbocycles. The molecule has 1 heterocycles. The molecule has 0 spiro atoms. The molecule has 2 atom stereocenters. The average Bonchev–Trinajstić information content (AvgIpc) is 2.83. The Morgan fingerprint density at radius 3 is 2.53 bits per heavy atom. The summed E-state index contributed by atoms with van der Waals surface area (Å²) < 4.78 is 16.1. The minimum Gasteiger partial charge on any atom is -0.463 e. The molecule has 0 aromatic rings. The highest BCUT2D eigenvalue weighted by Gasteiger charge is 2.26. The Morgan fingerprint density at radius 1 is 1.16 bits per heavy atom. The number of carbonyl (C=O) groups is 1. The van der Waals surface area contributed by atoms with Gasteiger partial charge in [-0.3, -0.25) is 4.79 Å². The van der Waals surface area contributed by atoms with E-state index in [2.05, 4.69) is 6.92 Å². The maximum atomic E-state index is 10.7.